The summed E-state index contributed by atoms with van der Waals surface area (Å²) in [6.07, 6.45) is 1.66. The number of amides is 1. The maximum Gasteiger partial charge on any atom is 0.344 e. The molecule has 2 aliphatic rings. The Morgan fingerprint density at radius 1 is 1.19 bits per heavy atom. The lowest BCUT2D eigenvalue weighted by atomic mass is 10.0. The van der Waals surface area contributed by atoms with Crippen LogP contribution in [0.15, 0.2) is 23.0 Å². The standard InChI is InChI=1S/C22H25N3O6/c1-13-14(2)23-24(3)21(27)20(13)22(28)31-12-19(26)25-8-4-5-16(25)15-6-7-17-18(11-15)30-10-9-29-17/h6-7,11,16H,4-5,8-10,12H2,1-3H3. The van der Waals surface area contributed by atoms with Crippen LogP contribution in [-0.4, -0.2) is 52.9 Å². The van der Waals surface area contributed by atoms with Crippen LogP contribution >= 0.6 is 0 Å². The summed E-state index contributed by atoms with van der Waals surface area (Å²) in [5, 5.41) is 4.05. The van der Waals surface area contributed by atoms with Crippen molar-refractivity contribution in [1.29, 1.82) is 0 Å². The number of carbonyl (C=O) groups excluding carboxylic acids is 2. The second-order valence-electron chi connectivity index (χ2n) is 7.74. The summed E-state index contributed by atoms with van der Waals surface area (Å²) in [7, 11) is 1.47. The van der Waals surface area contributed by atoms with Gasteiger partial charge in [-0.2, -0.15) is 5.10 Å². The molecule has 1 unspecified atom stereocenters. The highest BCUT2D eigenvalue weighted by atomic mass is 16.6. The molecule has 1 saturated heterocycles. The fourth-order valence-electron chi connectivity index (χ4n) is 4.05. The number of carbonyl (C=O) groups is 2. The number of benzene rings is 1. The second kappa shape index (κ2) is 8.41. The summed E-state index contributed by atoms with van der Waals surface area (Å²) < 4.78 is 17.5. The second-order valence-corrected chi connectivity index (χ2v) is 7.74. The average Bonchev–Trinajstić information content (AvgIpc) is 3.26. The van der Waals surface area contributed by atoms with Gasteiger partial charge in [-0.05, 0) is 49.9 Å². The monoisotopic (exact) mass is 427 g/mol. The zero-order valence-electron chi connectivity index (χ0n) is 17.8. The number of esters is 1. The Hall–Kier alpha value is -3.36. The van der Waals surface area contributed by atoms with Crippen molar-refractivity contribution in [1.82, 2.24) is 14.7 Å². The van der Waals surface area contributed by atoms with Gasteiger partial charge in [-0.15, -0.1) is 0 Å². The molecule has 1 aromatic heterocycles. The van der Waals surface area contributed by atoms with Crippen LogP contribution in [0.3, 0.4) is 0 Å². The minimum Gasteiger partial charge on any atom is -0.486 e. The molecule has 1 aromatic carbocycles. The van der Waals surface area contributed by atoms with E-state index in [0.717, 1.165) is 23.1 Å². The number of rotatable bonds is 4. The molecular weight excluding hydrogens is 402 g/mol. The Morgan fingerprint density at radius 2 is 1.94 bits per heavy atom. The van der Waals surface area contributed by atoms with Crippen molar-refractivity contribution in [2.24, 2.45) is 7.05 Å². The lowest BCUT2D eigenvalue weighted by molar-refractivity contribution is -0.135. The third kappa shape index (κ3) is 3.99. The number of fused-ring (bicyclic) bond motifs is 1. The number of ether oxygens (including phenoxy) is 3. The van der Waals surface area contributed by atoms with Crippen molar-refractivity contribution in [2.75, 3.05) is 26.4 Å². The maximum atomic E-state index is 12.9. The molecule has 1 atom stereocenters. The Morgan fingerprint density at radius 3 is 2.71 bits per heavy atom. The summed E-state index contributed by atoms with van der Waals surface area (Å²) in [6, 6.07) is 5.57. The number of aryl methyl sites for hydroxylation is 2. The summed E-state index contributed by atoms with van der Waals surface area (Å²) in [6.45, 7) is 4.51. The largest absolute Gasteiger partial charge is 0.486 e. The lowest BCUT2D eigenvalue weighted by Gasteiger charge is -2.26. The molecule has 1 fully saturated rings. The number of hydrogen-bond donors (Lipinski definition) is 0. The van der Waals surface area contributed by atoms with Crippen molar-refractivity contribution >= 4 is 11.9 Å². The van der Waals surface area contributed by atoms with Gasteiger partial charge < -0.3 is 19.1 Å². The minimum atomic E-state index is -0.813. The van der Waals surface area contributed by atoms with E-state index in [1.165, 1.54) is 7.05 Å². The normalized spacial score (nSPS) is 17.5. The van der Waals surface area contributed by atoms with Gasteiger partial charge in [0.15, 0.2) is 18.1 Å². The highest BCUT2D eigenvalue weighted by Crippen LogP contribution is 2.38. The molecule has 2 aromatic rings. The Labute approximate surface area is 179 Å². The van der Waals surface area contributed by atoms with Crippen LogP contribution < -0.4 is 15.0 Å². The molecule has 1 amide bonds. The number of hydrogen-bond acceptors (Lipinski definition) is 7. The molecule has 0 spiro atoms. The van der Waals surface area contributed by atoms with E-state index in [2.05, 4.69) is 5.10 Å². The summed E-state index contributed by atoms with van der Waals surface area (Å²) in [5.74, 6) is 0.260. The van der Waals surface area contributed by atoms with E-state index < -0.39 is 18.1 Å². The fourth-order valence-corrected chi connectivity index (χ4v) is 4.05. The highest BCUT2D eigenvalue weighted by molar-refractivity contribution is 5.92. The molecule has 9 heteroatoms. The predicted molar refractivity (Wildman–Crippen MR) is 110 cm³/mol. The van der Waals surface area contributed by atoms with Crippen LogP contribution in [0.5, 0.6) is 11.5 Å². The smallest absolute Gasteiger partial charge is 0.344 e. The van der Waals surface area contributed by atoms with Crippen molar-refractivity contribution < 1.29 is 23.8 Å². The molecule has 0 aliphatic carbocycles. The van der Waals surface area contributed by atoms with E-state index in [-0.39, 0.29) is 17.5 Å². The van der Waals surface area contributed by atoms with Crippen LogP contribution in [0, 0.1) is 13.8 Å². The molecule has 0 bridgehead atoms. The third-order valence-corrected chi connectivity index (χ3v) is 5.78. The zero-order chi connectivity index (χ0) is 22.1. The van der Waals surface area contributed by atoms with Gasteiger partial charge in [0, 0.05) is 13.6 Å². The van der Waals surface area contributed by atoms with Gasteiger partial charge in [0.2, 0.25) is 0 Å². The average molecular weight is 427 g/mol. The molecular formula is C22H25N3O6. The van der Waals surface area contributed by atoms with Crippen LogP contribution in [0.1, 0.15) is 46.1 Å². The number of nitrogens with zero attached hydrogens (tertiary/aromatic N) is 3. The first kappa shape index (κ1) is 20.9. The van der Waals surface area contributed by atoms with Crippen molar-refractivity contribution in [3.63, 3.8) is 0 Å². The van der Waals surface area contributed by atoms with Crippen molar-refractivity contribution in [3.05, 3.63) is 50.9 Å². The van der Waals surface area contributed by atoms with Gasteiger partial charge in [0.25, 0.3) is 11.5 Å². The van der Waals surface area contributed by atoms with Gasteiger partial charge in [-0.3, -0.25) is 9.59 Å². The fraction of sp³-hybridized carbons (Fsp3) is 0.455. The van der Waals surface area contributed by atoms with Crippen LogP contribution in [-0.2, 0) is 16.6 Å². The minimum absolute atomic E-state index is 0.0902. The van der Waals surface area contributed by atoms with Crippen LogP contribution in [0.25, 0.3) is 0 Å². The van der Waals surface area contributed by atoms with Crippen LogP contribution in [0.4, 0.5) is 0 Å². The highest BCUT2D eigenvalue weighted by Gasteiger charge is 2.32. The summed E-state index contributed by atoms with van der Waals surface area (Å²) in [5.41, 5.74) is 1.33. The van der Waals surface area contributed by atoms with Gasteiger partial charge in [-0.25, -0.2) is 9.48 Å². The molecule has 31 heavy (non-hydrogen) atoms. The molecule has 0 N–H and O–H groups in total. The number of aromatic nitrogens is 2. The quantitative estimate of drug-likeness (QED) is 0.685. The molecule has 3 heterocycles. The van der Waals surface area contributed by atoms with Crippen molar-refractivity contribution in [3.8, 4) is 11.5 Å². The predicted octanol–water partition coefficient (Wildman–Crippen LogP) is 1.69. The molecule has 0 saturated carbocycles. The van der Waals surface area contributed by atoms with Gasteiger partial charge in [0.05, 0.1) is 11.7 Å². The third-order valence-electron chi connectivity index (χ3n) is 5.78. The van der Waals surface area contributed by atoms with Gasteiger partial charge in [-0.1, -0.05) is 6.07 Å². The molecule has 2 aliphatic heterocycles. The summed E-state index contributed by atoms with van der Waals surface area (Å²) >= 11 is 0. The lowest BCUT2D eigenvalue weighted by Crippen LogP contribution is -2.35. The Kier molecular flexibility index (Phi) is 5.67. The van der Waals surface area contributed by atoms with E-state index in [9.17, 15) is 14.4 Å². The van der Waals surface area contributed by atoms with E-state index in [0.29, 0.717) is 42.5 Å². The van der Waals surface area contributed by atoms with E-state index >= 15 is 0 Å². The van der Waals surface area contributed by atoms with E-state index in [4.69, 9.17) is 14.2 Å². The van der Waals surface area contributed by atoms with E-state index in [1.54, 1.807) is 18.7 Å². The maximum absolute atomic E-state index is 12.9. The Bertz CT molecular complexity index is 1090. The number of likely N-dealkylation sites (tertiary alicyclic amines) is 1. The van der Waals surface area contributed by atoms with Crippen LogP contribution in [0.2, 0.25) is 0 Å². The van der Waals surface area contributed by atoms with E-state index in [1.807, 2.05) is 18.2 Å². The summed E-state index contributed by atoms with van der Waals surface area (Å²) in [4.78, 5) is 39.4. The first-order valence-electron chi connectivity index (χ1n) is 10.3. The van der Waals surface area contributed by atoms with Crippen molar-refractivity contribution in [2.45, 2.75) is 32.7 Å². The first-order chi connectivity index (χ1) is 14.9. The topological polar surface area (TPSA) is 100.0 Å². The van der Waals surface area contributed by atoms with Gasteiger partial charge in [0.1, 0.15) is 18.8 Å². The zero-order valence-corrected chi connectivity index (χ0v) is 17.8. The van der Waals surface area contributed by atoms with Gasteiger partial charge >= 0.3 is 5.97 Å². The molecule has 0 radical (unpaired) electrons. The molecule has 164 valence electrons. The molecule has 9 nitrogen and oxygen atoms in total. The first-order valence-corrected chi connectivity index (χ1v) is 10.3. The Balaban J connectivity index is 1.46. The SMILES string of the molecule is Cc1nn(C)c(=O)c(C(=O)OCC(=O)N2CCCC2c2ccc3c(c2)OCCO3)c1C. The molecule has 4 rings (SSSR count).